The summed E-state index contributed by atoms with van der Waals surface area (Å²) >= 11 is 0. The van der Waals surface area contributed by atoms with Gasteiger partial charge in [-0.1, -0.05) is 44.9 Å². The molecule has 0 bridgehead atoms. The summed E-state index contributed by atoms with van der Waals surface area (Å²) in [5.41, 5.74) is 0.270. The van der Waals surface area contributed by atoms with Crippen molar-refractivity contribution in [1.29, 1.82) is 0 Å². The summed E-state index contributed by atoms with van der Waals surface area (Å²) in [6.45, 7) is 2.34. The van der Waals surface area contributed by atoms with E-state index < -0.39 is 0 Å². The van der Waals surface area contributed by atoms with Crippen LogP contribution in [-0.2, 0) is 9.47 Å². The fraction of sp³-hybridized carbons (Fsp3) is 0.696. The monoisotopic (exact) mass is 392 g/mol. The lowest BCUT2D eigenvalue weighted by molar-refractivity contribution is -0.162. The molecule has 5 nitrogen and oxygen atoms in total. The Bertz CT molecular complexity index is 540. The van der Waals surface area contributed by atoms with Crippen LogP contribution in [0.15, 0.2) is 18.2 Å². The molecule has 1 heterocycles. The summed E-state index contributed by atoms with van der Waals surface area (Å²) in [6.07, 6.45) is 15.1. The first-order valence-electron chi connectivity index (χ1n) is 10.9. The minimum absolute atomic E-state index is 0.00638. The van der Waals surface area contributed by atoms with Gasteiger partial charge in [0.15, 0.2) is 12.6 Å². The van der Waals surface area contributed by atoms with Gasteiger partial charge in [-0.05, 0) is 50.3 Å². The minimum atomic E-state index is -0.00638. The average Bonchev–Trinajstić information content (AvgIpc) is 2.73. The number of carbonyl (C=O) groups excluding carboxylic acids is 1. The van der Waals surface area contributed by atoms with Gasteiger partial charge in [0.2, 0.25) is 0 Å². The largest absolute Gasteiger partial charge is 0.507 e. The summed E-state index contributed by atoms with van der Waals surface area (Å²) in [4.78, 5) is 10.8. The van der Waals surface area contributed by atoms with Gasteiger partial charge in [0.25, 0.3) is 0 Å². The zero-order valence-electron chi connectivity index (χ0n) is 17.1. The van der Waals surface area contributed by atoms with Crippen molar-refractivity contribution in [2.24, 2.45) is 0 Å². The molecular formula is C23H36O5. The van der Waals surface area contributed by atoms with Gasteiger partial charge in [-0.3, -0.25) is 4.79 Å². The van der Waals surface area contributed by atoms with Crippen molar-refractivity contribution in [3.05, 3.63) is 23.8 Å². The standard InChI is InChI=1S/C23H36O5/c24-19-20-18-21(13-14-22(20)25)26-15-9-6-4-2-1-3-5-7-10-16-27-23-12-8-11-17-28-23/h13-14,18-19,23,25H,1-12,15-17H2. The normalized spacial score (nSPS) is 16.8. The van der Waals surface area contributed by atoms with E-state index >= 15 is 0 Å². The molecule has 1 aliphatic heterocycles. The number of benzene rings is 1. The highest BCUT2D eigenvalue weighted by Gasteiger charge is 2.13. The molecule has 0 radical (unpaired) electrons. The Kier molecular flexibility index (Phi) is 11.7. The van der Waals surface area contributed by atoms with Gasteiger partial charge in [-0.2, -0.15) is 0 Å². The van der Waals surface area contributed by atoms with E-state index in [0.717, 1.165) is 38.9 Å². The molecule has 1 aromatic carbocycles. The maximum atomic E-state index is 10.8. The fourth-order valence-electron chi connectivity index (χ4n) is 3.41. The molecule has 0 amide bonds. The Labute approximate surface area is 169 Å². The lowest BCUT2D eigenvalue weighted by Gasteiger charge is -2.22. The van der Waals surface area contributed by atoms with Gasteiger partial charge in [0, 0.05) is 13.2 Å². The molecule has 1 unspecified atom stereocenters. The summed E-state index contributed by atoms with van der Waals surface area (Å²) in [6, 6.07) is 4.76. The van der Waals surface area contributed by atoms with Crippen LogP contribution in [0.2, 0.25) is 0 Å². The Morgan fingerprint density at radius 2 is 1.64 bits per heavy atom. The number of rotatable bonds is 15. The number of ether oxygens (including phenoxy) is 3. The molecular weight excluding hydrogens is 356 g/mol. The molecule has 0 aromatic heterocycles. The molecule has 1 N–H and O–H groups in total. The lowest BCUT2D eigenvalue weighted by atomic mass is 10.1. The van der Waals surface area contributed by atoms with Crippen molar-refractivity contribution in [2.75, 3.05) is 19.8 Å². The number of aldehydes is 1. The van der Waals surface area contributed by atoms with Crippen molar-refractivity contribution in [2.45, 2.75) is 83.3 Å². The third-order valence-electron chi connectivity index (χ3n) is 5.13. The second kappa shape index (κ2) is 14.4. The van der Waals surface area contributed by atoms with E-state index in [4.69, 9.17) is 14.2 Å². The molecule has 0 spiro atoms. The SMILES string of the molecule is O=Cc1cc(OCCCCCCCCCCCOC2CCCCO2)ccc1O. The van der Waals surface area contributed by atoms with Crippen molar-refractivity contribution in [1.82, 2.24) is 0 Å². The topological polar surface area (TPSA) is 65.0 Å². The number of hydrogen-bond acceptors (Lipinski definition) is 5. The van der Waals surface area contributed by atoms with Gasteiger partial charge in [0.1, 0.15) is 11.5 Å². The van der Waals surface area contributed by atoms with Crippen LogP contribution in [0.4, 0.5) is 0 Å². The van der Waals surface area contributed by atoms with Crippen LogP contribution in [-0.4, -0.2) is 37.5 Å². The lowest BCUT2D eigenvalue weighted by Crippen LogP contribution is -2.22. The molecule has 158 valence electrons. The van der Waals surface area contributed by atoms with Gasteiger partial charge in [0.05, 0.1) is 12.2 Å². The Morgan fingerprint density at radius 1 is 0.964 bits per heavy atom. The molecule has 28 heavy (non-hydrogen) atoms. The number of unbranched alkanes of at least 4 members (excludes halogenated alkanes) is 8. The van der Waals surface area contributed by atoms with Crippen molar-refractivity contribution in [3.63, 3.8) is 0 Å². The van der Waals surface area contributed by atoms with Crippen LogP contribution in [0.25, 0.3) is 0 Å². The molecule has 1 aliphatic rings. The van der Waals surface area contributed by atoms with E-state index in [2.05, 4.69) is 0 Å². The molecule has 0 aliphatic carbocycles. The van der Waals surface area contributed by atoms with Gasteiger partial charge in [-0.15, -0.1) is 0 Å². The van der Waals surface area contributed by atoms with Crippen LogP contribution in [0, 0.1) is 0 Å². The molecule has 5 heteroatoms. The van der Waals surface area contributed by atoms with E-state index in [0.29, 0.717) is 18.6 Å². The number of aromatic hydroxyl groups is 1. The zero-order chi connectivity index (χ0) is 19.9. The molecule has 1 atom stereocenters. The first kappa shape index (κ1) is 22.7. The predicted octanol–water partition coefficient (Wildman–Crippen LogP) is 5.64. The fourth-order valence-corrected chi connectivity index (χ4v) is 3.41. The van der Waals surface area contributed by atoms with Crippen LogP contribution in [0.1, 0.15) is 87.4 Å². The maximum Gasteiger partial charge on any atom is 0.157 e. The van der Waals surface area contributed by atoms with Gasteiger partial charge < -0.3 is 19.3 Å². The average molecular weight is 393 g/mol. The van der Waals surface area contributed by atoms with Crippen molar-refractivity contribution < 1.29 is 24.1 Å². The van der Waals surface area contributed by atoms with E-state index in [-0.39, 0.29) is 17.6 Å². The highest BCUT2D eigenvalue weighted by molar-refractivity contribution is 5.79. The predicted molar refractivity (Wildman–Crippen MR) is 110 cm³/mol. The van der Waals surface area contributed by atoms with Crippen LogP contribution in [0.3, 0.4) is 0 Å². The number of carbonyl (C=O) groups is 1. The third kappa shape index (κ3) is 9.56. The Balaban J connectivity index is 1.33. The second-order valence-electron chi connectivity index (χ2n) is 7.54. The molecule has 1 fully saturated rings. The number of phenols is 1. The van der Waals surface area contributed by atoms with E-state index in [1.54, 1.807) is 12.1 Å². The highest BCUT2D eigenvalue weighted by atomic mass is 16.7. The van der Waals surface area contributed by atoms with Crippen LogP contribution >= 0.6 is 0 Å². The summed E-state index contributed by atoms with van der Waals surface area (Å²) in [5, 5.41) is 9.46. The Hall–Kier alpha value is -1.59. The summed E-state index contributed by atoms with van der Waals surface area (Å²) in [7, 11) is 0. The molecule has 0 saturated carbocycles. The van der Waals surface area contributed by atoms with Crippen molar-refractivity contribution in [3.8, 4) is 11.5 Å². The highest BCUT2D eigenvalue weighted by Crippen LogP contribution is 2.21. The molecule has 1 aromatic rings. The minimum Gasteiger partial charge on any atom is -0.507 e. The summed E-state index contributed by atoms with van der Waals surface area (Å²) in [5.74, 6) is 0.632. The quantitative estimate of drug-likeness (QED) is 0.309. The van der Waals surface area contributed by atoms with Gasteiger partial charge >= 0.3 is 0 Å². The molecule has 1 saturated heterocycles. The second-order valence-corrected chi connectivity index (χ2v) is 7.54. The van der Waals surface area contributed by atoms with E-state index in [9.17, 15) is 9.90 Å². The third-order valence-corrected chi connectivity index (χ3v) is 5.13. The number of phenolic OH excluding ortho intramolecular Hbond substituents is 1. The van der Waals surface area contributed by atoms with Crippen LogP contribution in [0.5, 0.6) is 11.5 Å². The van der Waals surface area contributed by atoms with Crippen molar-refractivity contribution >= 4 is 6.29 Å². The van der Waals surface area contributed by atoms with Gasteiger partial charge in [-0.25, -0.2) is 0 Å². The zero-order valence-corrected chi connectivity index (χ0v) is 17.1. The number of hydrogen-bond donors (Lipinski definition) is 1. The van der Waals surface area contributed by atoms with E-state index in [1.165, 1.54) is 57.4 Å². The smallest absolute Gasteiger partial charge is 0.157 e. The first-order chi connectivity index (χ1) is 13.8. The Morgan fingerprint density at radius 3 is 2.29 bits per heavy atom. The van der Waals surface area contributed by atoms with E-state index in [1.807, 2.05) is 0 Å². The maximum absolute atomic E-state index is 10.8. The van der Waals surface area contributed by atoms with Crippen LogP contribution < -0.4 is 4.74 Å². The molecule has 2 rings (SSSR count). The summed E-state index contributed by atoms with van der Waals surface area (Å²) < 4.78 is 17.0. The first-order valence-corrected chi connectivity index (χ1v) is 10.9.